The van der Waals surface area contributed by atoms with Crippen LogP contribution in [0.2, 0.25) is 0 Å². The van der Waals surface area contributed by atoms with Crippen LogP contribution in [0.5, 0.6) is 0 Å². The summed E-state index contributed by atoms with van der Waals surface area (Å²) in [6.07, 6.45) is 6.16. The normalized spacial score (nSPS) is 13.1. The van der Waals surface area contributed by atoms with Crippen molar-refractivity contribution in [2.24, 2.45) is 0 Å². The van der Waals surface area contributed by atoms with Crippen molar-refractivity contribution in [2.45, 2.75) is 58.3 Å². The van der Waals surface area contributed by atoms with Crippen molar-refractivity contribution in [3.8, 4) is 0 Å². The first-order valence-electron chi connectivity index (χ1n) is 5.33. The topological polar surface area (TPSA) is 18.5 Å². The summed E-state index contributed by atoms with van der Waals surface area (Å²) in [5.74, 6) is -0.549. The van der Waals surface area contributed by atoms with Crippen molar-refractivity contribution >= 4 is 0 Å². The third kappa shape index (κ3) is 9.20. The zero-order valence-corrected chi connectivity index (χ0v) is 10.9. The molecule has 0 bridgehead atoms. The van der Waals surface area contributed by atoms with Gasteiger partial charge in [-0.2, -0.15) is 0 Å². The maximum atomic E-state index is 5.68. The molecule has 2 nitrogen and oxygen atoms in total. The molecule has 0 aliphatic heterocycles. The molecule has 0 saturated carbocycles. The van der Waals surface area contributed by atoms with Gasteiger partial charge in [-0.1, -0.05) is 26.2 Å². The summed E-state index contributed by atoms with van der Waals surface area (Å²) in [5.41, 5.74) is 0. The van der Waals surface area contributed by atoms with Gasteiger partial charge in [-0.25, -0.2) is 6.08 Å². The monoisotopic (exact) mass is 206 g/mol. The van der Waals surface area contributed by atoms with Gasteiger partial charge >= 0.3 is 18.9 Å². The molecule has 3 heteroatoms. The molecule has 1 unspecified atom stereocenters. The number of unbranched alkanes of at least 4 members (excludes halogenated alkanes) is 2. The van der Waals surface area contributed by atoms with E-state index in [9.17, 15) is 0 Å². The zero-order valence-electron chi connectivity index (χ0n) is 10.9. The fourth-order valence-corrected chi connectivity index (χ4v) is 1.20. The smallest absolute Gasteiger partial charge is 0.515 e. The Morgan fingerprint density at radius 2 is 1.93 bits per heavy atom. The van der Waals surface area contributed by atoms with Gasteiger partial charge in [-0.05, 0) is 20.3 Å². The molecule has 0 aromatic rings. The van der Waals surface area contributed by atoms with Gasteiger partial charge in [-0.15, -0.1) is 0 Å². The Hall–Kier alpha value is 0.257. The molecule has 0 rings (SSSR count). The van der Waals surface area contributed by atoms with Crippen LogP contribution in [0.1, 0.15) is 46.5 Å². The zero-order chi connectivity index (χ0) is 11.0. The molecule has 0 radical (unpaired) electrons. The van der Waals surface area contributed by atoms with Crippen LogP contribution in [0, 0.1) is 6.58 Å². The Labute approximate surface area is 107 Å². The minimum atomic E-state index is -0.549. The first-order chi connectivity index (χ1) is 6.55. The molecule has 0 aromatic heterocycles. The SMILES string of the molecule is [CH-]=CC(CCCCC)OC(C)(C)OC.[Li+]. The standard InChI is InChI=1S/C12H23O2.Li/c1-6-8-9-10-11(7-2)14-12(3,4)13-5;/h2,7,11H,6,8-10H2,1,3-5H3;/q-1;+1. The number of ether oxygens (including phenoxy) is 2. The summed E-state index contributed by atoms with van der Waals surface area (Å²) >= 11 is 0. The molecule has 0 aromatic carbocycles. The maximum absolute atomic E-state index is 5.68. The van der Waals surface area contributed by atoms with Crippen LogP contribution in [0.25, 0.3) is 0 Å². The first kappa shape index (κ1) is 17.6. The van der Waals surface area contributed by atoms with Crippen LogP contribution in [0.3, 0.4) is 0 Å². The van der Waals surface area contributed by atoms with Gasteiger partial charge in [0.15, 0.2) is 5.79 Å². The molecule has 0 saturated heterocycles. The molecule has 0 heterocycles. The molecular weight excluding hydrogens is 183 g/mol. The van der Waals surface area contributed by atoms with E-state index >= 15 is 0 Å². The van der Waals surface area contributed by atoms with Gasteiger partial charge < -0.3 is 16.1 Å². The predicted molar refractivity (Wildman–Crippen MR) is 59.0 cm³/mol. The molecule has 1 atom stereocenters. The van der Waals surface area contributed by atoms with E-state index in [2.05, 4.69) is 6.92 Å². The summed E-state index contributed by atoms with van der Waals surface area (Å²) < 4.78 is 10.9. The van der Waals surface area contributed by atoms with E-state index in [1.807, 2.05) is 13.8 Å². The minimum Gasteiger partial charge on any atom is -0.515 e. The molecule has 0 aliphatic carbocycles. The fraction of sp³-hybridized carbons (Fsp3) is 0.833. The number of methoxy groups -OCH3 is 1. The average molecular weight is 206 g/mol. The van der Waals surface area contributed by atoms with Crippen molar-refractivity contribution in [1.29, 1.82) is 0 Å². The molecule has 15 heavy (non-hydrogen) atoms. The van der Waals surface area contributed by atoms with Gasteiger partial charge in [0.1, 0.15) is 0 Å². The van der Waals surface area contributed by atoms with Crippen molar-refractivity contribution < 1.29 is 28.3 Å². The summed E-state index contributed by atoms with van der Waals surface area (Å²) in [6.45, 7) is 11.5. The molecule has 0 amide bonds. The van der Waals surface area contributed by atoms with Crippen molar-refractivity contribution in [3.63, 3.8) is 0 Å². The molecule has 0 spiro atoms. The fourth-order valence-electron chi connectivity index (χ4n) is 1.20. The first-order valence-corrected chi connectivity index (χ1v) is 5.33. The Bertz CT molecular complexity index is 158. The van der Waals surface area contributed by atoms with E-state index < -0.39 is 5.79 Å². The second-order valence-corrected chi connectivity index (χ2v) is 3.95. The summed E-state index contributed by atoms with van der Waals surface area (Å²) in [5, 5.41) is 0. The Kier molecular flexibility index (Phi) is 11.2. The van der Waals surface area contributed by atoms with Gasteiger partial charge in [0.2, 0.25) is 0 Å². The van der Waals surface area contributed by atoms with E-state index in [-0.39, 0.29) is 25.0 Å². The van der Waals surface area contributed by atoms with Gasteiger partial charge in [0.05, 0.1) is 0 Å². The van der Waals surface area contributed by atoms with Crippen LogP contribution in [-0.2, 0) is 9.47 Å². The van der Waals surface area contributed by atoms with Crippen LogP contribution >= 0.6 is 0 Å². The minimum absolute atomic E-state index is 0. The quantitative estimate of drug-likeness (QED) is 0.246. The summed E-state index contributed by atoms with van der Waals surface area (Å²) in [4.78, 5) is 0. The summed E-state index contributed by atoms with van der Waals surface area (Å²) in [6, 6.07) is 0. The van der Waals surface area contributed by atoms with Crippen LogP contribution in [-0.4, -0.2) is 19.0 Å². The van der Waals surface area contributed by atoms with Gasteiger partial charge in [0, 0.05) is 13.2 Å². The van der Waals surface area contributed by atoms with Crippen molar-refractivity contribution in [1.82, 2.24) is 0 Å². The predicted octanol–water partition coefficient (Wildman–Crippen LogP) is 0.328. The Morgan fingerprint density at radius 1 is 1.33 bits per heavy atom. The molecule has 0 aliphatic rings. The second-order valence-electron chi connectivity index (χ2n) is 3.95. The molecular formula is C12H23LiO2. The van der Waals surface area contributed by atoms with E-state index in [4.69, 9.17) is 16.1 Å². The number of rotatable bonds is 8. The Morgan fingerprint density at radius 3 is 2.33 bits per heavy atom. The Balaban J connectivity index is 0. The maximum Gasteiger partial charge on any atom is 1.00 e. The third-order valence-corrected chi connectivity index (χ3v) is 2.23. The molecule has 84 valence electrons. The average Bonchev–Trinajstić information content (AvgIpc) is 2.16. The summed E-state index contributed by atoms with van der Waals surface area (Å²) in [7, 11) is 1.64. The second kappa shape index (κ2) is 9.48. The van der Waals surface area contributed by atoms with Crippen molar-refractivity contribution in [3.05, 3.63) is 12.7 Å². The molecule has 0 N–H and O–H groups in total. The van der Waals surface area contributed by atoms with Gasteiger partial charge in [0.25, 0.3) is 0 Å². The van der Waals surface area contributed by atoms with Crippen LogP contribution < -0.4 is 18.9 Å². The molecule has 0 fully saturated rings. The number of hydrogen-bond donors (Lipinski definition) is 0. The van der Waals surface area contributed by atoms with E-state index in [1.165, 1.54) is 12.8 Å². The number of hydrogen-bond acceptors (Lipinski definition) is 2. The van der Waals surface area contributed by atoms with Crippen molar-refractivity contribution in [2.75, 3.05) is 7.11 Å². The van der Waals surface area contributed by atoms with E-state index in [0.29, 0.717) is 0 Å². The van der Waals surface area contributed by atoms with Crippen LogP contribution in [0.4, 0.5) is 0 Å². The van der Waals surface area contributed by atoms with Crippen LogP contribution in [0.15, 0.2) is 6.08 Å². The van der Waals surface area contributed by atoms with Gasteiger partial charge in [-0.3, -0.25) is 0 Å². The van der Waals surface area contributed by atoms with E-state index in [1.54, 1.807) is 13.2 Å². The third-order valence-electron chi connectivity index (χ3n) is 2.23. The largest absolute Gasteiger partial charge is 1.00 e. The van der Waals surface area contributed by atoms with E-state index in [0.717, 1.165) is 12.8 Å².